The van der Waals surface area contributed by atoms with Gasteiger partial charge in [-0.1, -0.05) is 20.3 Å². The second-order valence-electron chi connectivity index (χ2n) is 6.27. The summed E-state index contributed by atoms with van der Waals surface area (Å²) < 4.78 is 5.93. The Balaban J connectivity index is 1.64. The van der Waals surface area contributed by atoms with E-state index in [1.165, 1.54) is 12.8 Å². The standard InChI is InChI=1S/C14H24N2O2/c1-3-8(2)13(15)14(17)16-6-9-10(7-16)12-5-4-11(9)18-12/h8-13H,3-7,15H2,1-2H3. The van der Waals surface area contributed by atoms with Gasteiger partial charge in [-0.2, -0.15) is 0 Å². The monoisotopic (exact) mass is 252 g/mol. The highest BCUT2D eigenvalue weighted by Crippen LogP contribution is 2.47. The zero-order chi connectivity index (χ0) is 12.9. The molecule has 4 heteroatoms. The maximum absolute atomic E-state index is 12.4. The number of carbonyl (C=O) groups is 1. The molecule has 0 spiro atoms. The molecule has 0 saturated carbocycles. The summed E-state index contributed by atoms with van der Waals surface area (Å²) in [7, 11) is 0. The van der Waals surface area contributed by atoms with E-state index < -0.39 is 0 Å². The number of hydrogen-bond acceptors (Lipinski definition) is 3. The summed E-state index contributed by atoms with van der Waals surface area (Å²) in [5.74, 6) is 1.58. The predicted molar refractivity (Wildman–Crippen MR) is 68.9 cm³/mol. The Kier molecular flexibility index (Phi) is 3.10. The van der Waals surface area contributed by atoms with Gasteiger partial charge in [-0.15, -0.1) is 0 Å². The molecule has 3 fully saturated rings. The summed E-state index contributed by atoms with van der Waals surface area (Å²) in [4.78, 5) is 14.4. The van der Waals surface area contributed by atoms with Crippen LogP contribution in [0.5, 0.6) is 0 Å². The molecule has 4 nitrogen and oxygen atoms in total. The van der Waals surface area contributed by atoms with Crippen LogP contribution in [0.1, 0.15) is 33.1 Å². The molecule has 3 aliphatic heterocycles. The Bertz CT molecular complexity index is 329. The van der Waals surface area contributed by atoms with Gasteiger partial charge in [0, 0.05) is 24.9 Å². The second-order valence-corrected chi connectivity index (χ2v) is 6.27. The first-order valence-electron chi connectivity index (χ1n) is 7.31. The number of rotatable bonds is 3. The minimum absolute atomic E-state index is 0.151. The molecule has 6 unspecified atom stereocenters. The summed E-state index contributed by atoms with van der Waals surface area (Å²) in [6.45, 7) is 5.89. The normalized spacial score (nSPS) is 40.9. The maximum Gasteiger partial charge on any atom is 0.239 e. The SMILES string of the molecule is CCC(C)C(N)C(=O)N1CC2C3CCC(O3)C2C1. The second kappa shape index (κ2) is 4.49. The van der Waals surface area contributed by atoms with Crippen LogP contribution in [0.3, 0.4) is 0 Å². The van der Waals surface area contributed by atoms with Gasteiger partial charge in [0.25, 0.3) is 0 Å². The van der Waals surface area contributed by atoms with E-state index in [4.69, 9.17) is 10.5 Å². The highest BCUT2D eigenvalue weighted by Gasteiger charge is 2.54. The molecule has 2 bridgehead atoms. The molecule has 0 aliphatic carbocycles. The van der Waals surface area contributed by atoms with Crippen molar-refractivity contribution in [3.63, 3.8) is 0 Å². The van der Waals surface area contributed by atoms with Gasteiger partial charge in [0.2, 0.25) is 5.91 Å². The molecule has 3 saturated heterocycles. The van der Waals surface area contributed by atoms with E-state index in [9.17, 15) is 4.79 Å². The van der Waals surface area contributed by atoms with E-state index in [1.54, 1.807) is 0 Å². The molecule has 2 N–H and O–H groups in total. The molecule has 102 valence electrons. The minimum atomic E-state index is -0.326. The van der Waals surface area contributed by atoms with Gasteiger partial charge in [0.05, 0.1) is 18.2 Å². The average Bonchev–Trinajstić information content (AvgIpc) is 3.06. The zero-order valence-electron chi connectivity index (χ0n) is 11.3. The summed E-state index contributed by atoms with van der Waals surface area (Å²) in [6.07, 6.45) is 4.16. The molecular weight excluding hydrogens is 228 g/mol. The van der Waals surface area contributed by atoms with Crippen molar-refractivity contribution >= 4 is 5.91 Å². The van der Waals surface area contributed by atoms with Crippen LogP contribution in [0.4, 0.5) is 0 Å². The van der Waals surface area contributed by atoms with Gasteiger partial charge in [-0.05, 0) is 18.8 Å². The van der Waals surface area contributed by atoms with Crippen molar-refractivity contribution in [3.8, 4) is 0 Å². The topological polar surface area (TPSA) is 55.6 Å². The predicted octanol–water partition coefficient (Wildman–Crippen LogP) is 0.996. The average molecular weight is 252 g/mol. The van der Waals surface area contributed by atoms with Crippen molar-refractivity contribution in [1.29, 1.82) is 0 Å². The van der Waals surface area contributed by atoms with E-state index in [-0.39, 0.29) is 17.9 Å². The molecule has 3 rings (SSSR count). The third kappa shape index (κ3) is 1.77. The molecule has 0 aromatic rings. The lowest BCUT2D eigenvalue weighted by Gasteiger charge is -2.25. The van der Waals surface area contributed by atoms with E-state index in [0.29, 0.717) is 24.0 Å². The first-order valence-corrected chi connectivity index (χ1v) is 7.31. The van der Waals surface area contributed by atoms with Gasteiger partial charge in [-0.25, -0.2) is 0 Å². The lowest BCUT2D eigenvalue weighted by Crippen LogP contribution is -2.46. The van der Waals surface area contributed by atoms with Crippen LogP contribution in [-0.2, 0) is 9.53 Å². The molecule has 6 atom stereocenters. The lowest BCUT2D eigenvalue weighted by molar-refractivity contribution is -0.133. The van der Waals surface area contributed by atoms with Crippen LogP contribution < -0.4 is 5.73 Å². The summed E-state index contributed by atoms with van der Waals surface area (Å²) in [6, 6.07) is -0.326. The fraction of sp³-hybridized carbons (Fsp3) is 0.929. The fourth-order valence-electron chi connectivity index (χ4n) is 3.85. The number of likely N-dealkylation sites (tertiary alicyclic amines) is 1. The zero-order valence-corrected chi connectivity index (χ0v) is 11.3. The Morgan fingerprint density at radius 3 is 2.39 bits per heavy atom. The Hall–Kier alpha value is -0.610. The van der Waals surface area contributed by atoms with Gasteiger partial charge >= 0.3 is 0 Å². The Morgan fingerprint density at radius 1 is 1.33 bits per heavy atom. The van der Waals surface area contributed by atoms with Crippen molar-refractivity contribution in [3.05, 3.63) is 0 Å². The molecule has 1 amide bonds. The largest absolute Gasteiger partial charge is 0.374 e. The summed E-state index contributed by atoms with van der Waals surface area (Å²) in [5, 5.41) is 0. The molecule has 0 radical (unpaired) electrons. The number of fused-ring (bicyclic) bond motifs is 5. The highest BCUT2D eigenvalue weighted by atomic mass is 16.5. The van der Waals surface area contributed by atoms with Crippen LogP contribution in [0, 0.1) is 17.8 Å². The molecular formula is C14H24N2O2. The fourth-order valence-corrected chi connectivity index (χ4v) is 3.85. The summed E-state index contributed by atoms with van der Waals surface area (Å²) in [5.41, 5.74) is 6.06. The molecule has 18 heavy (non-hydrogen) atoms. The molecule has 0 aromatic carbocycles. The van der Waals surface area contributed by atoms with Crippen LogP contribution in [0.15, 0.2) is 0 Å². The number of amides is 1. The van der Waals surface area contributed by atoms with Crippen molar-refractivity contribution < 1.29 is 9.53 Å². The number of nitrogens with zero attached hydrogens (tertiary/aromatic N) is 1. The van der Waals surface area contributed by atoms with Crippen molar-refractivity contribution in [2.45, 2.75) is 51.4 Å². The molecule has 3 heterocycles. The Labute approximate surface area is 109 Å². The van der Waals surface area contributed by atoms with Gasteiger partial charge in [-0.3, -0.25) is 4.79 Å². The Morgan fingerprint density at radius 2 is 1.89 bits per heavy atom. The van der Waals surface area contributed by atoms with Crippen molar-refractivity contribution in [1.82, 2.24) is 4.90 Å². The summed E-state index contributed by atoms with van der Waals surface area (Å²) >= 11 is 0. The lowest BCUT2D eigenvalue weighted by atomic mass is 9.82. The quantitative estimate of drug-likeness (QED) is 0.815. The van der Waals surface area contributed by atoms with Gasteiger partial charge in [0.1, 0.15) is 0 Å². The number of hydrogen-bond donors (Lipinski definition) is 1. The number of ether oxygens (including phenoxy) is 1. The van der Waals surface area contributed by atoms with Crippen LogP contribution in [0.25, 0.3) is 0 Å². The first-order chi connectivity index (χ1) is 8.61. The van der Waals surface area contributed by atoms with Crippen LogP contribution in [-0.4, -0.2) is 42.1 Å². The van der Waals surface area contributed by atoms with Gasteiger partial charge in [0.15, 0.2) is 0 Å². The highest BCUT2D eigenvalue weighted by molar-refractivity contribution is 5.82. The van der Waals surface area contributed by atoms with E-state index in [1.807, 2.05) is 4.90 Å². The molecule has 0 aromatic heterocycles. The van der Waals surface area contributed by atoms with Gasteiger partial charge < -0.3 is 15.4 Å². The van der Waals surface area contributed by atoms with Crippen molar-refractivity contribution in [2.24, 2.45) is 23.5 Å². The first kappa shape index (κ1) is 12.4. The minimum Gasteiger partial charge on any atom is -0.374 e. The van der Waals surface area contributed by atoms with Crippen LogP contribution >= 0.6 is 0 Å². The third-order valence-electron chi connectivity index (χ3n) is 5.31. The third-order valence-corrected chi connectivity index (χ3v) is 5.31. The van der Waals surface area contributed by atoms with E-state index in [2.05, 4.69) is 13.8 Å². The van der Waals surface area contributed by atoms with E-state index in [0.717, 1.165) is 19.5 Å². The molecule has 3 aliphatic rings. The van der Waals surface area contributed by atoms with Crippen LogP contribution in [0.2, 0.25) is 0 Å². The number of nitrogens with two attached hydrogens (primary N) is 1. The van der Waals surface area contributed by atoms with E-state index >= 15 is 0 Å². The van der Waals surface area contributed by atoms with Crippen molar-refractivity contribution in [2.75, 3.05) is 13.1 Å². The maximum atomic E-state index is 12.4. The smallest absolute Gasteiger partial charge is 0.239 e. The number of carbonyl (C=O) groups excluding carboxylic acids is 1.